The molecule has 0 saturated heterocycles. The lowest BCUT2D eigenvalue weighted by Crippen LogP contribution is -2.48. The van der Waals surface area contributed by atoms with Crippen molar-refractivity contribution in [2.75, 3.05) is 0 Å². The van der Waals surface area contributed by atoms with Crippen molar-refractivity contribution in [3.63, 3.8) is 0 Å². The van der Waals surface area contributed by atoms with Gasteiger partial charge in [0, 0.05) is 0 Å². The minimum Gasteiger partial charge on any atom is -0.0683 e. The van der Waals surface area contributed by atoms with Crippen LogP contribution >= 0.6 is 0 Å². The quantitative estimate of drug-likeness (QED) is 0.464. The van der Waals surface area contributed by atoms with E-state index in [1.54, 1.807) is 44.9 Å². The third-order valence-corrected chi connectivity index (χ3v) is 9.09. The van der Waals surface area contributed by atoms with Gasteiger partial charge in [0.1, 0.15) is 0 Å². The highest BCUT2D eigenvalue weighted by molar-refractivity contribution is 5.06. The Balaban J connectivity index is 0.000000815. The van der Waals surface area contributed by atoms with Gasteiger partial charge in [-0.1, -0.05) is 48.0 Å². The van der Waals surface area contributed by atoms with Crippen molar-refractivity contribution in [2.24, 2.45) is 52.8 Å². The van der Waals surface area contributed by atoms with Crippen molar-refractivity contribution < 1.29 is 0 Å². The van der Waals surface area contributed by atoms with Gasteiger partial charge in [0.15, 0.2) is 0 Å². The van der Waals surface area contributed by atoms with Gasteiger partial charge in [-0.15, -0.1) is 0 Å². The highest BCUT2D eigenvalue weighted by Crippen LogP contribution is 2.65. The normalized spacial score (nSPS) is 50.4. The van der Waals surface area contributed by atoms with Gasteiger partial charge in [0.2, 0.25) is 0 Å². The molecule has 24 heavy (non-hydrogen) atoms. The van der Waals surface area contributed by atoms with E-state index in [1.165, 1.54) is 12.8 Å². The molecule has 4 rings (SSSR count). The summed E-state index contributed by atoms with van der Waals surface area (Å²) >= 11 is 0. The van der Waals surface area contributed by atoms with E-state index in [9.17, 15) is 0 Å². The van der Waals surface area contributed by atoms with Crippen molar-refractivity contribution in [3.05, 3.63) is 0 Å². The van der Waals surface area contributed by atoms with E-state index in [2.05, 4.69) is 27.7 Å². The van der Waals surface area contributed by atoms with Gasteiger partial charge in [-0.2, -0.15) is 0 Å². The summed E-state index contributed by atoms with van der Waals surface area (Å²) in [6.45, 7) is 14.2. The van der Waals surface area contributed by atoms with Crippen LogP contribution < -0.4 is 0 Å². The van der Waals surface area contributed by atoms with E-state index < -0.39 is 0 Å². The maximum atomic E-state index is 2.70. The predicted octanol–water partition coefficient (Wildman–Crippen LogP) is 7.57. The summed E-state index contributed by atoms with van der Waals surface area (Å²) in [7, 11) is 0. The molecule has 0 spiro atoms. The Kier molecular flexibility index (Phi) is 5.73. The summed E-state index contributed by atoms with van der Waals surface area (Å²) in [5.41, 5.74) is 0.699. The molecule has 0 heterocycles. The minimum absolute atomic E-state index is 0.699. The lowest BCUT2D eigenvalue weighted by atomic mass is 9.49. The lowest BCUT2D eigenvalue weighted by molar-refractivity contribution is -0.0719. The fourth-order valence-corrected chi connectivity index (χ4v) is 8.22. The van der Waals surface area contributed by atoms with Gasteiger partial charge in [-0.25, -0.2) is 0 Å². The van der Waals surface area contributed by atoms with Gasteiger partial charge in [0.25, 0.3) is 0 Å². The smallest absolute Gasteiger partial charge is 0.0264 e. The van der Waals surface area contributed by atoms with Gasteiger partial charge in [-0.3, -0.25) is 0 Å². The molecule has 4 fully saturated rings. The molecular formula is C24H44. The molecule has 0 aromatic carbocycles. The highest BCUT2D eigenvalue weighted by Gasteiger charge is 2.57. The van der Waals surface area contributed by atoms with E-state index >= 15 is 0 Å². The molecule has 0 aromatic rings. The Morgan fingerprint density at radius 2 is 1.50 bits per heavy atom. The Bertz CT molecular complexity index is 410. The van der Waals surface area contributed by atoms with Crippen LogP contribution in [0, 0.1) is 52.8 Å². The molecule has 0 N–H and O–H groups in total. The molecule has 8 unspecified atom stereocenters. The van der Waals surface area contributed by atoms with Crippen LogP contribution in [-0.4, -0.2) is 0 Å². The Hall–Kier alpha value is 0. The van der Waals surface area contributed by atoms with E-state index in [0.29, 0.717) is 5.41 Å². The fourth-order valence-electron chi connectivity index (χ4n) is 8.22. The van der Waals surface area contributed by atoms with Crippen molar-refractivity contribution >= 4 is 0 Å². The van der Waals surface area contributed by atoms with Crippen LogP contribution in [-0.2, 0) is 0 Å². The van der Waals surface area contributed by atoms with E-state index in [1.807, 2.05) is 13.8 Å². The summed E-state index contributed by atoms with van der Waals surface area (Å²) in [6.07, 6.45) is 14.1. The van der Waals surface area contributed by atoms with E-state index in [0.717, 1.165) is 47.3 Å². The van der Waals surface area contributed by atoms with Crippen LogP contribution in [0.25, 0.3) is 0 Å². The lowest BCUT2D eigenvalue weighted by Gasteiger charge is -2.56. The second-order valence-electron chi connectivity index (χ2n) is 10.3. The second-order valence-corrected chi connectivity index (χ2v) is 10.3. The summed E-state index contributed by atoms with van der Waals surface area (Å²) in [4.78, 5) is 0. The largest absolute Gasteiger partial charge is 0.0683 e. The SMILES string of the molecule is CC.CC1CCC2C(CCC3C2CCC2(C)C(C(C)C)CCC32)C1. The molecule has 4 aliphatic carbocycles. The average Bonchev–Trinajstić information content (AvgIpc) is 2.93. The highest BCUT2D eigenvalue weighted by atomic mass is 14.6. The van der Waals surface area contributed by atoms with Crippen LogP contribution in [0.1, 0.15) is 99.3 Å². The van der Waals surface area contributed by atoms with Crippen LogP contribution in [0.2, 0.25) is 0 Å². The first-order chi connectivity index (χ1) is 11.5. The molecule has 0 radical (unpaired) electrons. The van der Waals surface area contributed by atoms with E-state index in [4.69, 9.17) is 0 Å². The van der Waals surface area contributed by atoms with Crippen molar-refractivity contribution in [1.29, 1.82) is 0 Å². The van der Waals surface area contributed by atoms with Gasteiger partial charge in [-0.05, 0) is 104 Å². The molecule has 4 saturated carbocycles. The molecule has 4 aliphatic rings. The standard InChI is InChI=1S/C22H38.C2H6/c1-14(2)20-9-10-21-19-8-6-16-13-15(3)5-7-17(16)18(19)11-12-22(20,21)4;1-2/h14-21H,5-13H2,1-4H3;1-2H3. The molecule has 0 aliphatic heterocycles. The van der Waals surface area contributed by atoms with Crippen LogP contribution in [0.15, 0.2) is 0 Å². The Labute approximate surface area is 152 Å². The predicted molar refractivity (Wildman–Crippen MR) is 106 cm³/mol. The topological polar surface area (TPSA) is 0 Å². The molecular weight excluding hydrogens is 288 g/mol. The first-order valence-electron chi connectivity index (χ1n) is 11.5. The molecule has 0 nitrogen and oxygen atoms in total. The fraction of sp³-hybridized carbons (Fsp3) is 1.00. The number of hydrogen-bond acceptors (Lipinski definition) is 0. The molecule has 0 aromatic heterocycles. The summed E-state index contributed by atoms with van der Waals surface area (Å²) in [5, 5.41) is 0. The van der Waals surface area contributed by atoms with Crippen molar-refractivity contribution in [1.82, 2.24) is 0 Å². The second kappa shape index (κ2) is 7.32. The van der Waals surface area contributed by atoms with Gasteiger partial charge >= 0.3 is 0 Å². The van der Waals surface area contributed by atoms with Crippen LogP contribution in [0.3, 0.4) is 0 Å². The average molecular weight is 333 g/mol. The molecule has 8 atom stereocenters. The zero-order valence-electron chi connectivity index (χ0n) is 17.5. The van der Waals surface area contributed by atoms with Gasteiger partial charge in [0.05, 0.1) is 0 Å². The molecule has 0 heteroatoms. The number of fused-ring (bicyclic) bond motifs is 5. The summed E-state index contributed by atoms with van der Waals surface area (Å²) in [5.74, 6) is 8.48. The molecule has 0 bridgehead atoms. The third-order valence-electron chi connectivity index (χ3n) is 9.09. The van der Waals surface area contributed by atoms with Crippen LogP contribution in [0.4, 0.5) is 0 Å². The zero-order valence-corrected chi connectivity index (χ0v) is 17.5. The van der Waals surface area contributed by atoms with Crippen molar-refractivity contribution in [3.8, 4) is 0 Å². The Morgan fingerprint density at radius 3 is 2.21 bits per heavy atom. The zero-order chi connectivity index (χ0) is 17.5. The Morgan fingerprint density at radius 1 is 0.792 bits per heavy atom. The third kappa shape index (κ3) is 2.99. The molecule has 0 amide bonds. The van der Waals surface area contributed by atoms with E-state index in [-0.39, 0.29) is 0 Å². The summed E-state index contributed by atoms with van der Waals surface area (Å²) < 4.78 is 0. The first-order valence-corrected chi connectivity index (χ1v) is 11.5. The maximum Gasteiger partial charge on any atom is -0.0264 e. The van der Waals surface area contributed by atoms with Gasteiger partial charge < -0.3 is 0 Å². The number of hydrogen-bond donors (Lipinski definition) is 0. The minimum atomic E-state index is 0.699. The monoisotopic (exact) mass is 332 g/mol. The summed E-state index contributed by atoms with van der Waals surface area (Å²) in [6, 6.07) is 0. The first kappa shape index (κ1) is 18.8. The number of rotatable bonds is 1. The maximum absolute atomic E-state index is 2.70. The van der Waals surface area contributed by atoms with Crippen molar-refractivity contribution in [2.45, 2.75) is 99.3 Å². The molecule has 140 valence electrons. The van der Waals surface area contributed by atoms with Crippen LogP contribution in [0.5, 0.6) is 0 Å².